The van der Waals surface area contributed by atoms with Gasteiger partial charge in [0.05, 0.1) is 17.8 Å². The largest absolute Gasteiger partial charge is 0.346 e. The fourth-order valence-electron chi connectivity index (χ4n) is 1.29. The minimum absolute atomic E-state index is 0.195. The Balaban J connectivity index is 1.96. The number of carbonyl (C=O) groups excluding carboxylic acids is 1. The zero-order chi connectivity index (χ0) is 12.1. The van der Waals surface area contributed by atoms with Gasteiger partial charge in [-0.3, -0.25) is 9.78 Å². The van der Waals surface area contributed by atoms with Crippen LogP contribution in [0.2, 0.25) is 5.15 Å². The van der Waals surface area contributed by atoms with E-state index < -0.39 is 0 Å². The van der Waals surface area contributed by atoms with E-state index in [0.717, 1.165) is 5.69 Å². The van der Waals surface area contributed by atoms with Crippen LogP contribution in [0.4, 0.5) is 0 Å². The van der Waals surface area contributed by atoms with Crippen molar-refractivity contribution in [2.24, 2.45) is 0 Å². The molecule has 2 aromatic heterocycles. The van der Waals surface area contributed by atoms with Crippen molar-refractivity contribution in [1.82, 2.24) is 15.3 Å². The molecule has 0 radical (unpaired) electrons. The zero-order valence-corrected chi connectivity index (χ0v) is 9.69. The van der Waals surface area contributed by atoms with Crippen molar-refractivity contribution in [3.63, 3.8) is 0 Å². The smallest absolute Gasteiger partial charge is 0.253 e. The first-order chi connectivity index (χ1) is 8.25. The van der Waals surface area contributed by atoms with Gasteiger partial charge in [0.25, 0.3) is 5.91 Å². The number of pyridine rings is 2. The van der Waals surface area contributed by atoms with E-state index in [-0.39, 0.29) is 5.91 Å². The van der Waals surface area contributed by atoms with Gasteiger partial charge < -0.3 is 5.32 Å². The van der Waals surface area contributed by atoms with Crippen molar-refractivity contribution >= 4 is 17.5 Å². The Bertz CT molecular complexity index is 499. The van der Waals surface area contributed by atoms with E-state index in [1.54, 1.807) is 18.3 Å². The maximum absolute atomic E-state index is 11.7. The molecule has 0 aliphatic rings. The summed E-state index contributed by atoms with van der Waals surface area (Å²) >= 11 is 5.64. The summed E-state index contributed by atoms with van der Waals surface area (Å²) in [5.41, 5.74) is 1.29. The predicted molar refractivity (Wildman–Crippen MR) is 64.7 cm³/mol. The second-order valence-electron chi connectivity index (χ2n) is 3.37. The summed E-state index contributed by atoms with van der Waals surface area (Å²) in [4.78, 5) is 19.7. The van der Waals surface area contributed by atoms with Crippen molar-refractivity contribution < 1.29 is 4.79 Å². The number of hydrogen-bond acceptors (Lipinski definition) is 3. The molecule has 5 heteroatoms. The van der Waals surface area contributed by atoms with Crippen LogP contribution in [0.15, 0.2) is 42.7 Å². The highest BCUT2D eigenvalue weighted by molar-refractivity contribution is 6.29. The van der Waals surface area contributed by atoms with E-state index in [1.165, 1.54) is 6.20 Å². The zero-order valence-electron chi connectivity index (χ0n) is 8.93. The molecular weight excluding hydrogens is 238 g/mol. The van der Waals surface area contributed by atoms with Crippen LogP contribution < -0.4 is 5.32 Å². The average molecular weight is 248 g/mol. The highest BCUT2D eigenvalue weighted by Crippen LogP contribution is 2.05. The standard InChI is InChI=1S/C12H10ClN3O/c13-11-5-4-9(7-15-11)12(17)16-8-10-3-1-2-6-14-10/h1-7H,8H2,(H,16,17). The summed E-state index contributed by atoms with van der Waals surface area (Å²) in [5, 5.41) is 3.12. The van der Waals surface area contributed by atoms with Crippen molar-refractivity contribution in [3.8, 4) is 0 Å². The van der Waals surface area contributed by atoms with E-state index in [0.29, 0.717) is 17.3 Å². The summed E-state index contributed by atoms with van der Waals surface area (Å²) in [6, 6.07) is 8.76. The van der Waals surface area contributed by atoms with Crippen LogP contribution in [0, 0.1) is 0 Å². The lowest BCUT2D eigenvalue weighted by Crippen LogP contribution is -2.23. The minimum Gasteiger partial charge on any atom is -0.346 e. The Kier molecular flexibility index (Phi) is 3.67. The Hall–Kier alpha value is -1.94. The van der Waals surface area contributed by atoms with Crippen LogP contribution in [0.3, 0.4) is 0 Å². The molecule has 0 aliphatic carbocycles. The topological polar surface area (TPSA) is 54.9 Å². The highest BCUT2D eigenvalue weighted by Gasteiger charge is 2.05. The molecule has 1 amide bonds. The van der Waals surface area contributed by atoms with Crippen LogP contribution in [0.25, 0.3) is 0 Å². The monoisotopic (exact) mass is 247 g/mol. The number of carbonyl (C=O) groups is 1. The van der Waals surface area contributed by atoms with Crippen molar-refractivity contribution in [1.29, 1.82) is 0 Å². The third-order valence-electron chi connectivity index (χ3n) is 2.15. The number of rotatable bonds is 3. The summed E-state index contributed by atoms with van der Waals surface area (Å²) in [6.07, 6.45) is 3.13. The normalized spacial score (nSPS) is 9.94. The Morgan fingerprint density at radius 3 is 2.76 bits per heavy atom. The second kappa shape index (κ2) is 5.41. The molecule has 0 saturated heterocycles. The summed E-state index contributed by atoms with van der Waals surface area (Å²) in [6.45, 7) is 0.391. The first-order valence-corrected chi connectivity index (χ1v) is 5.43. The number of hydrogen-bond donors (Lipinski definition) is 1. The van der Waals surface area contributed by atoms with Gasteiger partial charge in [-0.05, 0) is 24.3 Å². The molecule has 0 unspecified atom stereocenters. The van der Waals surface area contributed by atoms with Crippen LogP contribution in [0.1, 0.15) is 16.1 Å². The third kappa shape index (κ3) is 3.26. The van der Waals surface area contributed by atoms with Crippen LogP contribution in [-0.4, -0.2) is 15.9 Å². The fourth-order valence-corrected chi connectivity index (χ4v) is 1.40. The molecule has 0 fully saturated rings. The summed E-state index contributed by atoms with van der Waals surface area (Å²) in [5.74, 6) is -0.195. The van der Waals surface area contributed by atoms with E-state index in [4.69, 9.17) is 11.6 Å². The highest BCUT2D eigenvalue weighted by atomic mass is 35.5. The van der Waals surface area contributed by atoms with E-state index in [1.807, 2.05) is 18.2 Å². The first-order valence-electron chi connectivity index (χ1n) is 5.05. The molecule has 86 valence electrons. The molecule has 2 heterocycles. The number of halogens is 1. The molecular formula is C12H10ClN3O. The lowest BCUT2D eigenvalue weighted by molar-refractivity contribution is 0.0950. The van der Waals surface area contributed by atoms with E-state index >= 15 is 0 Å². The van der Waals surface area contributed by atoms with Gasteiger partial charge in [-0.15, -0.1) is 0 Å². The number of nitrogens with one attached hydrogen (secondary N) is 1. The van der Waals surface area contributed by atoms with Crippen LogP contribution in [0.5, 0.6) is 0 Å². The molecule has 2 aromatic rings. The van der Waals surface area contributed by atoms with Gasteiger partial charge in [0, 0.05) is 12.4 Å². The molecule has 0 aromatic carbocycles. The number of nitrogens with zero attached hydrogens (tertiary/aromatic N) is 2. The third-order valence-corrected chi connectivity index (χ3v) is 2.37. The molecule has 0 aliphatic heterocycles. The van der Waals surface area contributed by atoms with Gasteiger partial charge >= 0.3 is 0 Å². The molecule has 4 nitrogen and oxygen atoms in total. The quantitative estimate of drug-likeness (QED) is 0.845. The maximum atomic E-state index is 11.7. The van der Waals surface area contributed by atoms with Gasteiger partial charge in [0.2, 0.25) is 0 Å². The van der Waals surface area contributed by atoms with Crippen molar-refractivity contribution in [2.45, 2.75) is 6.54 Å². The average Bonchev–Trinajstić information content (AvgIpc) is 2.38. The molecule has 0 atom stereocenters. The molecule has 0 bridgehead atoms. The molecule has 17 heavy (non-hydrogen) atoms. The summed E-state index contributed by atoms with van der Waals surface area (Å²) < 4.78 is 0. The van der Waals surface area contributed by atoms with Gasteiger partial charge in [-0.2, -0.15) is 0 Å². The molecule has 1 N–H and O–H groups in total. The van der Waals surface area contributed by atoms with Gasteiger partial charge in [-0.1, -0.05) is 17.7 Å². The van der Waals surface area contributed by atoms with Crippen molar-refractivity contribution in [3.05, 3.63) is 59.1 Å². The summed E-state index contributed by atoms with van der Waals surface area (Å²) in [7, 11) is 0. The van der Waals surface area contributed by atoms with Gasteiger partial charge in [0.1, 0.15) is 5.15 Å². The Morgan fingerprint density at radius 1 is 1.24 bits per heavy atom. The molecule has 0 spiro atoms. The molecule has 0 saturated carbocycles. The van der Waals surface area contributed by atoms with Gasteiger partial charge in [-0.25, -0.2) is 4.98 Å². The first kappa shape index (κ1) is 11.5. The lowest BCUT2D eigenvalue weighted by atomic mass is 10.2. The SMILES string of the molecule is O=C(NCc1ccccn1)c1ccc(Cl)nc1. The minimum atomic E-state index is -0.195. The Labute approximate surface area is 104 Å². The predicted octanol–water partition coefficient (Wildman–Crippen LogP) is 2.06. The van der Waals surface area contributed by atoms with E-state index in [2.05, 4.69) is 15.3 Å². The second-order valence-corrected chi connectivity index (χ2v) is 3.76. The number of aromatic nitrogens is 2. The molecule has 2 rings (SSSR count). The van der Waals surface area contributed by atoms with Gasteiger partial charge in [0.15, 0.2) is 0 Å². The maximum Gasteiger partial charge on any atom is 0.253 e. The number of amides is 1. The Morgan fingerprint density at radius 2 is 2.12 bits per heavy atom. The van der Waals surface area contributed by atoms with Crippen LogP contribution >= 0.6 is 11.6 Å². The lowest BCUT2D eigenvalue weighted by Gasteiger charge is -2.04. The van der Waals surface area contributed by atoms with Crippen LogP contribution in [-0.2, 0) is 6.54 Å². The fraction of sp³-hybridized carbons (Fsp3) is 0.0833. The van der Waals surface area contributed by atoms with E-state index in [9.17, 15) is 4.79 Å². The van der Waals surface area contributed by atoms with Crippen molar-refractivity contribution in [2.75, 3.05) is 0 Å².